The number of carboxylic acid groups (broad SMARTS) is 1. The Morgan fingerprint density at radius 3 is 1.21 bits per heavy atom. The maximum absolute atomic E-state index is 12.2. The van der Waals surface area contributed by atoms with Crippen LogP contribution in [0.4, 0.5) is 0 Å². The van der Waals surface area contributed by atoms with E-state index in [4.69, 9.17) is 4.74 Å². The molecule has 0 aliphatic heterocycles. The van der Waals surface area contributed by atoms with Gasteiger partial charge in [0.2, 0.25) is 0 Å². The summed E-state index contributed by atoms with van der Waals surface area (Å²) in [5.74, 6) is -1.35. The Hall–Kier alpha value is -1.32. The number of unbranched alkanes of at least 4 members (excludes halogenated alkanes) is 26. The summed E-state index contributed by atoms with van der Waals surface area (Å²) in [5, 5.41) is 9.45. The number of allylic oxidation sites excluding steroid dienone is 2. The van der Waals surface area contributed by atoms with Crippen LogP contribution in [0.3, 0.4) is 0 Å². The summed E-state index contributed by atoms with van der Waals surface area (Å²) in [4.78, 5) is 23.7. The van der Waals surface area contributed by atoms with Crippen LogP contribution in [0.25, 0.3) is 0 Å². The molecule has 0 heterocycles. The summed E-state index contributed by atoms with van der Waals surface area (Å²) < 4.78 is 5.31. The van der Waals surface area contributed by atoms with Gasteiger partial charge in [-0.3, -0.25) is 4.79 Å². The van der Waals surface area contributed by atoms with Crippen LogP contribution < -0.4 is 0 Å². The van der Waals surface area contributed by atoms with Crippen molar-refractivity contribution in [2.75, 3.05) is 0 Å². The molecule has 0 aromatic rings. The summed E-state index contributed by atoms with van der Waals surface area (Å²) in [7, 11) is 0. The van der Waals surface area contributed by atoms with Crippen molar-refractivity contribution in [2.45, 2.75) is 219 Å². The summed E-state index contributed by atoms with van der Waals surface area (Å²) in [6, 6.07) is 0. The molecule has 0 rings (SSSR count). The second kappa shape index (κ2) is 34.2. The first-order valence-corrected chi connectivity index (χ1v) is 18.7. The number of carboxylic acids is 1. The van der Waals surface area contributed by atoms with Gasteiger partial charge >= 0.3 is 11.9 Å². The van der Waals surface area contributed by atoms with Crippen molar-refractivity contribution in [2.24, 2.45) is 0 Å². The van der Waals surface area contributed by atoms with Gasteiger partial charge in [0.1, 0.15) is 0 Å². The zero-order valence-corrected chi connectivity index (χ0v) is 28.3. The van der Waals surface area contributed by atoms with E-state index < -0.39 is 12.1 Å². The Labute approximate surface area is 262 Å². The van der Waals surface area contributed by atoms with Crippen LogP contribution in [0, 0.1) is 0 Å². The number of carbonyl (C=O) groups is 2. The molecule has 0 saturated heterocycles. The van der Waals surface area contributed by atoms with E-state index in [0.717, 1.165) is 38.5 Å². The second-order valence-corrected chi connectivity index (χ2v) is 12.7. The Kier molecular flexibility index (Phi) is 33.1. The smallest absolute Gasteiger partial charge is 0.345 e. The number of rotatable bonds is 34. The quantitative estimate of drug-likeness (QED) is 0.0458. The molecule has 0 fully saturated rings. The van der Waals surface area contributed by atoms with Crippen molar-refractivity contribution in [1.29, 1.82) is 0 Å². The van der Waals surface area contributed by atoms with Crippen LogP contribution in [0.2, 0.25) is 0 Å². The molecule has 0 aliphatic rings. The fourth-order valence-corrected chi connectivity index (χ4v) is 5.67. The predicted molar refractivity (Wildman–Crippen MR) is 181 cm³/mol. The van der Waals surface area contributed by atoms with Crippen LogP contribution in [-0.2, 0) is 14.3 Å². The van der Waals surface area contributed by atoms with Gasteiger partial charge in [0.15, 0.2) is 6.10 Å². The van der Waals surface area contributed by atoms with Gasteiger partial charge in [-0.25, -0.2) is 4.79 Å². The largest absolute Gasteiger partial charge is 0.479 e. The molecular formula is C38H72O4. The van der Waals surface area contributed by atoms with Gasteiger partial charge in [-0.1, -0.05) is 174 Å². The van der Waals surface area contributed by atoms with Crippen molar-refractivity contribution in [3.05, 3.63) is 12.2 Å². The van der Waals surface area contributed by atoms with Crippen molar-refractivity contribution in [1.82, 2.24) is 0 Å². The first kappa shape index (κ1) is 40.7. The van der Waals surface area contributed by atoms with Gasteiger partial charge in [0, 0.05) is 6.42 Å². The summed E-state index contributed by atoms with van der Waals surface area (Å²) in [5.41, 5.74) is 0. The molecule has 0 saturated carbocycles. The van der Waals surface area contributed by atoms with Gasteiger partial charge in [0.25, 0.3) is 0 Å². The van der Waals surface area contributed by atoms with Gasteiger partial charge in [0.05, 0.1) is 0 Å². The van der Waals surface area contributed by atoms with Gasteiger partial charge in [-0.15, -0.1) is 0 Å². The van der Waals surface area contributed by atoms with Gasteiger partial charge in [-0.05, 0) is 44.9 Å². The van der Waals surface area contributed by atoms with Crippen LogP contribution >= 0.6 is 0 Å². The lowest BCUT2D eigenvalue weighted by molar-refractivity contribution is -0.164. The molecule has 1 N–H and O–H groups in total. The second-order valence-electron chi connectivity index (χ2n) is 12.7. The minimum absolute atomic E-state index is 0.342. The number of carbonyl (C=O) groups excluding carboxylic acids is 1. The first-order valence-electron chi connectivity index (χ1n) is 18.7. The fraction of sp³-hybridized carbons (Fsp3) is 0.895. The Morgan fingerprint density at radius 2 is 0.833 bits per heavy atom. The topological polar surface area (TPSA) is 63.6 Å². The number of aliphatic carboxylic acids is 1. The highest BCUT2D eigenvalue weighted by Gasteiger charge is 2.21. The third-order valence-corrected chi connectivity index (χ3v) is 8.51. The lowest BCUT2D eigenvalue weighted by Gasteiger charge is -2.13. The molecule has 0 amide bonds. The monoisotopic (exact) mass is 593 g/mol. The fourth-order valence-electron chi connectivity index (χ4n) is 5.67. The summed E-state index contributed by atoms with van der Waals surface area (Å²) in [6.45, 7) is 4.53. The minimum atomic E-state index is -1.00. The number of esters is 1. The number of hydrogen-bond acceptors (Lipinski definition) is 3. The maximum atomic E-state index is 12.2. The van der Waals surface area contributed by atoms with E-state index in [-0.39, 0.29) is 5.97 Å². The van der Waals surface area contributed by atoms with E-state index in [1.54, 1.807) is 0 Å². The molecule has 0 aromatic carbocycles. The van der Waals surface area contributed by atoms with Gasteiger partial charge in [-0.2, -0.15) is 0 Å². The first-order chi connectivity index (χ1) is 20.6. The standard InChI is InChI=1S/C38H72O4/c1-3-5-7-9-11-13-15-17-18-19-20-21-22-23-25-27-29-31-33-35-37(39)42-36(38(40)41)34-32-30-28-26-24-16-14-12-10-8-6-4-2/h17-18,36H,3-16,19-35H2,1-2H3,(H,40,41)/b18-17-. The van der Waals surface area contributed by atoms with Crippen molar-refractivity contribution in [3.8, 4) is 0 Å². The maximum Gasteiger partial charge on any atom is 0.345 e. The molecular weight excluding hydrogens is 520 g/mol. The molecule has 4 heteroatoms. The molecule has 1 unspecified atom stereocenters. The van der Waals surface area contributed by atoms with Crippen LogP contribution in [0.15, 0.2) is 12.2 Å². The Balaban J connectivity index is 3.52. The van der Waals surface area contributed by atoms with Crippen molar-refractivity contribution >= 4 is 11.9 Å². The third kappa shape index (κ3) is 31.6. The molecule has 0 radical (unpaired) electrons. The van der Waals surface area contributed by atoms with E-state index in [9.17, 15) is 14.7 Å². The third-order valence-electron chi connectivity index (χ3n) is 8.51. The summed E-state index contributed by atoms with van der Waals surface area (Å²) in [6.07, 6.45) is 41.0. The van der Waals surface area contributed by atoms with Crippen LogP contribution in [0.5, 0.6) is 0 Å². The number of ether oxygens (including phenoxy) is 1. The van der Waals surface area contributed by atoms with E-state index in [1.165, 1.54) is 148 Å². The number of hydrogen-bond donors (Lipinski definition) is 1. The molecule has 4 nitrogen and oxygen atoms in total. The van der Waals surface area contributed by atoms with Crippen molar-refractivity contribution < 1.29 is 19.4 Å². The Morgan fingerprint density at radius 1 is 0.500 bits per heavy atom. The molecule has 1 atom stereocenters. The molecule has 42 heavy (non-hydrogen) atoms. The zero-order chi connectivity index (χ0) is 30.8. The SMILES string of the molecule is CCCCCCCC/C=C\CCCCCCCCCCCC(=O)OC(CCCCCCCCCCCCCC)C(=O)O. The molecule has 0 spiro atoms. The zero-order valence-electron chi connectivity index (χ0n) is 28.3. The average molecular weight is 593 g/mol. The predicted octanol–water partition coefficient (Wildman–Crippen LogP) is 12.7. The molecule has 0 bridgehead atoms. The highest BCUT2D eigenvalue weighted by atomic mass is 16.6. The Bertz CT molecular complexity index is 600. The lowest BCUT2D eigenvalue weighted by Crippen LogP contribution is -2.27. The normalized spacial score (nSPS) is 12.2. The van der Waals surface area contributed by atoms with E-state index in [1.807, 2.05) is 0 Å². The van der Waals surface area contributed by atoms with Gasteiger partial charge < -0.3 is 9.84 Å². The molecule has 0 aromatic heterocycles. The summed E-state index contributed by atoms with van der Waals surface area (Å²) >= 11 is 0. The highest BCUT2D eigenvalue weighted by molar-refractivity contribution is 5.77. The van der Waals surface area contributed by atoms with Crippen LogP contribution in [0.1, 0.15) is 213 Å². The van der Waals surface area contributed by atoms with E-state index in [2.05, 4.69) is 26.0 Å². The van der Waals surface area contributed by atoms with E-state index in [0.29, 0.717) is 12.8 Å². The molecule has 0 aliphatic carbocycles. The van der Waals surface area contributed by atoms with Crippen molar-refractivity contribution in [3.63, 3.8) is 0 Å². The minimum Gasteiger partial charge on any atom is -0.479 e. The average Bonchev–Trinajstić information content (AvgIpc) is 2.98. The highest BCUT2D eigenvalue weighted by Crippen LogP contribution is 2.16. The van der Waals surface area contributed by atoms with Crippen LogP contribution in [-0.4, -0.2) is 23.1 Å². The molecule has 248 valence electrons. The van der Waals surface area contributed by atoms with E-state index >= 15 is 0 Å². The lowest BCUT2D eigenvalue weighted by atomic mass is 10.0.